The van der Waals surface area contributed by atoms with Crippen LogP contribution in [0, 0.1) is 10.5 Å². The zero-order valence-corrected chi connectivity index (χ0v) is 20.4. The van der Waals surface area contributed by atoms with Gasteiger partial charge in [0.15, 0.2) is 0 Å². The van der Waals surface area contributed by atoms with Crippen molar-refractivity contribution in [2.45, 2.75) is 19.4 Å². The van der Waals surface area contributed by atoms with E-state index in [0.29, 0.717) is 18.9 Å². The maximum Gasteiger partial charge on any atom is 0.312 e. The van der Waals surface area contributed by atoms with Crippen LogP contribution in [-0.2, 0) is 0 Å². The molecule has 0 saturated heterocycles. The van der Waals surface area contributed by atoms with Gasteiger partial charge in [-0.1, -0.05) is 6.07 Å². The van der Waals surface area contributed by atoms with E-state index in [-0.39, 0.29) is 11.8 Å². The third-order valence-corrected chi connectivity index (χ3v) is 6.72. The summed E-state index contributed by atoms with van der Waals surface area (Å²) in [5.74, 6) is -0.0317. The molecule has 2 aliphatic heterocycles. The van der Waals surface area contributed by atoms with Crippen LogP contribution in [0.15, 0.2) is 76.9 Å². The molecule has 1 atom stereocenters. The van der Waals surface area contributed by atoms with E-state index >= 15 is 0 Å². The number of carbonyl (C=O) groups excluding carboxylic acids is 1. The Kier molecular flexibility index (Phi) is 5.09. The van der Waals surface area contributed by atoms with Crippen molar-refractivity contribution >= 4 is 34.0 Å². The summed E-state index contributed by atoms with van der Waals surface area (Å²) in [5, 5.41) is 19.7. The Labute approximate surface area is 208 Å². The minimum atomic E-state index is -0.427. The van der Waals surface area contributed by atoms with E-state index in [1.54, 1.807) is 4.90 Å². The first kappa shape index (κ1) is 20.9. The van der Waals surface area contributed by atoms with Gasteiger partial charge in [-0.3, -0.25) is 4.79 Å². The van der Waals surface area contributed by atoms with Gasteiger partial charge < -0.3 is 20.0 Å². The number of hydrogen-bond acceptors (Lipinski definition) is 7. The number of aromatic nitrogens is 4. The number of carbonyl (C=O) groups is 1. The van der Waals surface area contributed by atoms with Gasteiger partial charge >= 0.3 is 11.8 Å². The second-order valence-electron chi connectivity index (χ2n) is 8.18. The molecular formula is C24H20IN7O2. The molecule has 2 N–H and O–H groups in total. The van der Waals surface area contributed by atoms with Crippen molar-refractivity contribution in [2.24, 2.45) is 0 Å². The monoisotopic (exact) mass is 565 g/mol. The lowest BCUT2D eigenvalue weighted by Gasteiger charge is -2.38. The number of nitrogens with one attached hydrogen (secondary N) is 2. The van der Waals surface area contributed by atoms with Crippen molar-refractivity contribution in [3.8, 4) is 11.5 Å². The number of rotatable bonds is 3. The summed E-state index contributed by atoms with van der Waals surface area (Å²) in [6, 6.07) is 13.4. The first-order valence-electron chi connectivity index (χ1n) is 10.8. The summed E-state index contributed by atoms with van der Waals surface area (Å²) < 4.78 is 8.80. The van der Waals surface area contributed by atoms with Crippen LogP contribution in [-0.4, -0.2) is 37.2 Å². The highest BCUT2D eigenvalue weighted by atomic mass is 127. The Morgan fingerprint density at radius 3 is 2.88 bits per heavy atom. The number of hydrogen-bond donors (Lipinski definition) is 2. The van der Waals surface area contributed by atoms with Gasteiger partial charge in [-0.2, -0.15) is 5.10 Å². The summed E-state index contributed by atoms with van der Waals surface area (Å²) in [6.07, 6.45) is 6.23. The van der Waals surface area contributed by atoms with Gasteiger partial charge in [-0.15, -0.1) is 10.2 Å². The maximum absolute atomic E-state index is 13.7. The molecule has 0 bridgehead atoms. The molecule has 5 heterocycles. The molecule has 0 radical (unpaired) electrons. The lowest BCUT2D eigenvalue weighted by molar-refractivity contribution is 0.0639. The second-order valence-corrected chi connectivity index (χ2v) is 9.42. The number of halogens is 1. The van der Waals surface area contributed by atoms with Crippen molar-refractivity contribution < 1.29 is 9.21 Å². The number of benzene rings is 1. The van der Waals surface area contributed by atoms with Crippen molar-refractivity contribution in [1.29, 1.82) is 0 Å². The van der Waals surface area contributed by atoms with Crippen LogP contribution in [0.5, 0.6) is 0 Å². The van der Waals surface area contributed by atoms with Gasteiger partial charge in [0.1, 0.15) is 6.04 Å². The van der Waals surface area contributed by atoms with E-state index in [0.717, 1.165) is 37.3 Å². The molecule has 170 valence electrons. The summed E-state index contributed by atoms with van der Waals surface area (Å²) >= 11 is 2.26. The Morgan fingerprint density at radius 1 is 1.15 bits per heavy atom. The van der Waals surface area contributed by atoms with Crippen LogP contribution in [0.2, 0.25) is 0 Å². The standard InChI is InChI=1S/C24H20IN7O2/c1-14-12-15(25)5-6-17(14)22-28-29-23(34-22)24(33)31-11-7-18-20(27-9-8-26-18)21(31)19-13-16-4-2-3-10-32(16)30-19/h2-6,8-10,12-13,21,26-27H,7,11H2,1H3/t21-/m0/s1. The molecule has 0 spiro atoms. The van der Waals surface area contributed by atoms with Crippen molar-refractivity contribution in [3.63, 3.8) is 0 Å². The first-order chi connectivity index (χ1) is 16.6. The zero-order chi connectivity index (χ0) is 23.2. The topological polar surface area (TPSA) is 101 Å². The van der Waals surface area contributed by atoms with Crippen LogP contribution in [0.1, 0.15) is 34.4 Å². The van der Waals surface area contributed by atoms with Crippen LogP contribution in [0.4, 0.5) is 0 Å². The van der Waals surface area contributed by atoms with Crippen LogP contribution in [0.25, 0.3) is 17.0 Å². The highest BCUT2D eigenvalue weighted by molar-refractivity contribution is 14.1. The molecule has 1 aromatic carbocycles. The average Bonchev–Trinajstić information content (AvgIpc) is 3.50. The molecule has 9 nitrogen and oxygen atoms in total. The van der Waals surface area contributed by atoms with Gasteiger partial charge in [0, 0.05) is 46.4 Å². The molecule has 0 aliphatic carbocycles. The average molecular weight is 565 g/mol. The van der Waals surface area contributed by atoms with Gasteiger partial charge in [0.25, 0.3) is 0 Å². The molecule has 2 aliphatic rings. The minimum absolute atomic E-state index is 0.0370. The van der Waals surface area contributed by atoms with Crippen molar-refractivity contribution in [1.82, 2.24) is 35.3 Å². The number of nitrogens with zero attached hydrogens (tertiary/aromatic N) is 5. The highest BCUT2D eigenvalue weighted by Crippen LogP contribution is 2.35. The number of pyridine rings is 1. The molecule has 0 saturated carbocycles. The molecule has 10 heteroatoms. The summed E-state index contributed by atoms with van der Waals surface area (Å²) in [6.45, 7) is 2.47. The largest absolute Gasteiger partial charge is 0.412 e. The van der Waals surface area contributed by atoms with Crippen LogP contribution >= 0.6 is 22.6 Å². The summed E-state index contributed by atoms with van der Waals surface area (Å²) in [7, 11) is 0. The van der Waals surface area contributed by atoms with E-state index in [1.165, 1.54) is 0 Å². The Balaban J connectivity index is 1.38. The smallest absolute Gasteiger partial charge is 0.312 e. The lowest BCUT2D eigenvalue weighted by Crippen LogP contribution is -2.45. The predicted octanol–water partition coefficient (Wildman–Crippen LogP) is 3.76. The van der Waals surface area contributed by atoms with Gasteiger partial charge in [0.05, 0.1) is 16.9 Å². The number of fused-ring (bicyclic) bond motifs is 1. The SMILES string of the molecule is Cc1cc(I)ccc1-c1nnc(C(=O)N2CCC3=C(NC=CN3)[C@@H]2c2cc3ccccn3n2)o1. The van der Waals surface area contributed by atoms with Gasteiger partial charge in [-0.25, -0.2) is 4.52 Å². The highest BCUT2D eigenvalue weighted by Gasteiger charge is 2.38. The molecule has 1 amide bonds. The molecule has 4 aromatic rings. The zero-order valence-electron chi connectivity index (χ0n) is 18.2. The first-order valence-corrected chi connectivity index (χ1v) is 11.9. The molecule has 34 heavy (non-hydrogen) atoms. The number of amides is 1. The fourth-order valence-electron chi connectivity index (χ4n) is 4.43. The second kappa shape index (κ2) is 8.28. The summed E-state index contributed by atoms with van der Waals surface area (Å²) in [4.78, 5) is 15.4. The predicted molar refractivity (Wildman–Crippen MR) is 133 cm³/mol. The quantitative estimate of drug-likeness (QED) is 0.365. The Morgan fingerprint density at radius 2 is 2.03 bits per heavy atom. The van der Waals surface area contributed by atoms with E-state index in [9.17, 15) is 4.79 Å². The van der Waals surface area contributed by atoms with Gasteiger partial charge in [0.2, 0.25) is 5.89 Å². The minimum Gasteiger partial charge on any atom is -0.412 e. The Hall–Kier alpha value is -3.67. The normalized spacial score (nSPS) is 17.5. The molecule has 3 aromatic heterocycles. The van der Waals surface area contributed by atoms with Crippen molar-refractivity contribution in [2.75, 3.05) is 6.54 Å². The third kappa shape index (κ3) is 3.54. The Bertz CT molecular complexity index is 1450. The number of aryl methyl sites for hydroxylation is 1. The van der Waals surface area contributed by atoms with Crippen LogP contribution < -0.4 is 10.6 Å². The van der Waals surface area contributed by atoms with Crippen LogP contribution in [0.3, 0.4) is 0 Å². The third-order valence-electron chi connectivity index (χ3n) is 6.05. The molecule has 6 rings (SSSR count). The van der Waals surface area contributed by atoms with E-state index in [4.69, 9.17) is 9.52 Å². The van der Waals surface area contributed by atoms with E-state index in [2.05, 4.69) is 43.4 Å². The fraction of sp³-hybridized carbons (Fsp3) is 0.167. The molecule has 0 unspecified atom stereocenters. The maximum atomic E-state index is 13.7. The summed E-state index contributed by atoms with van der Waals surface area (Å²) in [5.41, 5.74) is 5.45. The van der Waals surface area contributed by atoms with E-state index in [1.807, 2.05) is 72.5 Å². The molecular weight excluding hydrogens is 545 g/mol. The van der Waals surface area contributed by atoms with E-state index < -0.39 is 6.04 Å². The molecule has 0 fully saturated rings. The van der Waals surface area contributed by atoms with Gasteiger partial charge in [-0.05, 0) is 71.5 Å². The fourth-order valence-corrected chi connectivity index (χ4v) is 5.08. The lowest BCUT2D eigenvalue weighted by atomic mass is 9.98. The van der Waals surface area contributed by atoms with Crippen molar-refractivity contribution in [3.05, 3.63) is 93.2 Å².